The Morgan fingerprint density at radius 2 is 1.90 bits per heavy atom. The average Bonchev–Trinajstić information content (AvgIpc) is 3.39. The molecule has 9 heteroatoms. The lowest BCUT2D eigenvalue weighted by Crippen LogP contribution is -2.16. The van der Waals surface area contributed by atoms with Crippen molar-refractivity contribution in [3.05, 3.63) is 66.5 Å². The fourth-order valence-electron chi connectivity index (χ4n) is 3.24. The topological polar surface area (TPSA) is 96.1 Å². The number of aryl methyl sites for hydroxylation is 2. The Bertz CT molecular complexity index is 1230. The number of hydrogen-bond donors (Lipinski definition) is 1. The van der Waals surface area contributed by atoms with Crippen LogP contribution in [0.4, 0.5) is 5.69 Å². The molecule has 3 heterocycles. The predicted octanol–water partition coefficient (Wildman–Crippen LogP) is 3.25. The molecule has 0 fully saturated rings. The van der Waals surface area contributed by atoms with Crippen LogP contribution in [0.2, 0.25) is 0 Å². The van der Waals surface area contributed by atoms with Gasteiger partial charge in [0, 0.05) is 25.0 Å². The van der Waals surface area contributed by atoms with Gasteiger partial charge in [-0.15, -0.1) is 0 Å². The van der Waals surface area contributed by atoms with E-state index in [1.165, 1.54) is 4.68 Å². The van der Waals surface area contributed by atoms with Gasteiger partial charge in [-0.05, 0) is 43.3 Å². The third kappa shape index (κ3) is 3.97. The fourth-order valence-corrected chi connectivity index (χ4v) is 3.24. The molecule has 0 unspecified atom stereocenters. The summed E-state index contributed by atoms with van der Waals surface area (Å²) in [6.45, 7) is 1.90. The molecule has 31 heavy (non-hydrogen) atoms. The highest BCUT2D eigenvalue weighted by Crippen LogP contribution is 2.33. The second kappa shape index (κ2) is 8.31. The fraction of sp³-hybridized carbons (Fsp3) is 0.182. The molecule has 1 aromatic carbocycles. The summed E-state index contributed by atoms with van der Waals surface area (Å²) in [6.07, 6.45) is 5.15. The molecule has 0 bridgehead atoms. The summed E-state index contributed by atoms with van der Waals surface area (Å²) in [5.41, 5.74) is 2.31. The third-order valence-electron chi connectivity index (χ3n) is 4.87. The second-order valence-electron chi connectivity index (χ2n) is 6.81. The van der Waals surface area contributed by atoms with Crippen LogP contribution in [-0.4, -0.2) is 44.4 Å². The first-order valence-electron chi connectivity index (χ1n) is 9.54. The van der Waals surface area contributed by atoms with E-state index in [4.69, 9.17) is 9.47 Å². The molecule has 1 N–H and O–H groups in total. The van der Waals surface area contributed by atoms with E-state index < -0.39 is 0 Å². The van der Waals surface area contributed by atoms with E-state index in [1.54, 1.807) is 57.9 Å². The van der Waals surface area contributed by atoms with Crippen molar-refractivity contribution in [2.24, 2.45) is 7.05 Å². The quantitative estimate of drug-likeness (QED) is 0.516. The van der Waals surface area contributed by atoms with Crippen molar-refractivity contribution in [1.82, 2.24) is 24.3 Å². The molecule has 158 valence electrons. The van der Waals surface area contributed by atoms with Gasteiger partial charge in [0.25, 0.3) is 5.91 Å². The molecule has 4 aromatic rings. The van der Waals surface area contributed by atoms with Gasteiger partial charge < -0.3 is 14.8 Å². The minimum atomic E-state index is -0.295. The normalized spacial score (nSPS) is 10.7. The Hall–Kier alpha value is -4.14. The lowest BCUT2D eigenvalue weighted by atomic mass is 10.1. The van der Waals surface area contributed by atoms with Gasteiger partial charge in [-0.25, -0.2) is 9.97 Å². The Morgan fingerprint density at radius 3 is 2.55 bits per heavy atom. The number of rotatable bonds is 6. The summed E-state index contributed by atoms with van der Waals surface area (Å²) in [4.78, 5) is 21.4. The summed E-state index contributed by atoms with van der Waals surface area (Å²) < 4.78 is 14.1. The van der Waals surface area contributed by atoms with Gasteiger partial charge in [0.2, 0.25) is 0 Å². The number of ether oxygens (including phenoxy) is 2. The number of imidazole rings is 1. The van der Waals surface area contributed by atoms with Gasteiger partial charge in [0.05, 0.1) is 31.8 Å². The molecule has 0 radical (unpaired) electrons. The van der Waals surface area contributed by atoms with Crippen LogP contribution in [0.25, 0.3) is 17.1 Å². The minimum Gasteiger partial charge on any atom is -0.497 e. The number of aromatic nitrogens is 5. The van der Waals surface area contributed by atoms with Gasteiger partial charge in [-0.1, -0.05) is 0 Å². The highest BCUT2D eigenvalue weighted by atomic mass is 16.5. The van der Waals surface area contributed by atoms with Crippen LogP contribution in [0.1, 0.15) is 16.3 Å². The van der Waals surface area contributed by atoms with Crippen LogP contribution in [0.3, 0.4) is 0 Å². The first-order valence-corrected chi connectivity index (χ1v) is 9.54. The van der Waals surface area contributed by atoms with Crippen molar-refractivity contribution in [3.63, 3.8) is 0 Å². The molecule has 0 aliphatic rings. The van der Waals surface area contributed by atoms with Crippen LogP contribution < -0.4 is 14.8 Å². The van der Waals surface area contributed by atoms with Crippen LogP contribution in [-0.2, 0) is 7.05 Å². The lowest BCUT2D eigenvalue weighted by Gasteiger charge is -2.08. The second-order valence-corrected chi connectivity index (χ2v) is 6.81. The molecule has 0 saturated carbocycles. The molecular formula is C22H22N6O3. The summed E-state index contributed by atoms with van der Waals surface area (Å²) >= 11 is 0. The van der Waals surface area contributed by atoms with E-state index in [1.807, 2.05) is 29.8 Å². The van der Waals surface area contributed by atoms with E-state index in [-0.39, 0.29) is 5.91 Å². The summed E-state index contributed by atoms with van der Waals surface area (Å²) in [7, 11) is 4.90. The van der Waals surface area contributed by atoms with Gasteiger partial charge in [-0.3, -0.25) is 14.0 Å². The molecule has 3 aromatic heterocycles. The maximum Gasteiger partial charge on any atom is 0.273 e. The Balaban J connectivity index is 1.57. The Labute approximate surface area is 179 Å². The maximum absolute atomic E-state index is 12.9. The zero-order valence-corrected chi connectivity index (χ0v) is 17.7. The third-order valence-corrected chi connectivity index (χ3v) is 4.87. The number of carbonyl (C=O) groups is 1. The number of amides is 1. The number of nitrogens with one attached hydrogen (secondary N) is 1. The molecule has 1 amide bonds. The molecular weight excluding hydrogens is 396 g/mol. The van der Waals surface area contributed by atoms with E-state index >= 15 is 0 Å². The monoisotopic (exact) mass is 418 g/mol. The first kappa shape index (κ1) is 20.1. The predicted molar refractivity (Wildman–Crippen MR) is 116 cm³/mol. The number of benzene rings is 1. The molecule has 0 spiro atoms. The number of carbonyl (C=O) groups excluding carboxylic acids is 1. The minimum absolute atomic E-state index is 0.295. The number of hydrogen-bond acceptors (Lipinski definition) is 6. The molecule has 9 nitrogen and oxygen atoms in total. The van der Waals surface area contributed by atoms with Crippen molar-refractivity contribution in [2.75, 3.05) is 19.5 Å². The van der Waals surface area contributed by atoms with Crippen molar-refractivity contribution in [3.8, 4) is 28.6 Å². The summed E-state index contributed by atoms with van der Waals surface area (Å²) in [5, 5.41) is 7.34. The number of anilines is 1. The average molecular weight is 418 g/mol. The standard InChI is InChI=1S/C22H22N6O3/c1-14-23-9-10-28(14)21-8-5-15(13-24-21)25-22(29)19-12-18(26-27(19)2)17-11-16(30-3)6-7-20(17)31-4/h5-13H,1-4H3,(H,25,29). The molecule has 0 atom stereocenters. The van der Waals surface area contributed by atoms with Crippen molar-refractivity contribution >= 4 is 11.6 Å². The molecule has 4 rings (SSSR count). The molecule has 0 saturated heterocycles. The van der Waals surface area contributed by atoms with Crippen LogP contribution >= 0.6 is 0 Å². The number of nitrogens with zero attached hydrogens (tertiary/aromatic N) is 5. The Kier molecular flexibility index (Phi) is 5.40. The van der Waals surface area contributed by atoms with Crippen LogP contribution in [0.15, 0.2) is 55.0 Å². The van der Waals surface area contributed by atoms with Gasteiger partial charge >= 0.3 is 0 Å². The number of methoxy groups -OCH3 is 2. The highest BCUT2D eigenvalue weighted by Gasteiger charge is 2.18. The molecule has 0 aliphatic heterocycles. The van der Waals surface area contributed by atoms with Crippen LogP contribution in [0.5, 0.6) is 11.5 Å². The lowest BCUT2D eigenvalue weighted by molar-refractivity contribution is 0.101. The smallest absolute Gasteiger partial charge is 0.273 e. The Morgan fingerprint density at radius 1 is 1.06 bits per heavy atom. The molecule has 0 aliphatic carbocycles. The van der Waals surface area contributed by atoms with Crippen molar-refractivity contribution in [1.29, 1.82) is 0 Å². The largest absolute Gasteiger partial charge is 0.497 e. The zero-order valence-electron chi connectivity index (χ0n) is 17.7. The number of pyridine rings is 1. The van der Waals surface area contributed by atoms with E-state index in [9.17, 15) is 4.79 Å². The van der Waals surface area contributed by atoms with Crippen molar-refractivity contribution < 1.29 is 14.3 Å². The first-order chi connectivity index (χ1) is 15.0. The maximum atomic E-state index is 12.9. The van der Waals surface area contributed by atoms with E-state index in [0.717, 1.165) is 17.2 Å². The van der Waals surface area contributed by atoms with Gasteiger partial charge in [0.15, 0.2) is 0 Å². The van der Waals surface area contributed by atoms with Crippen LogP contribution in [0, 0.1) is 6.92 Å². The van der Waals surface area contributed by atoms with Crippen molar-refractivity contribution in [2.45, 2.75) is 6.92 Å². The van der Waals surface area contributed by atoms with E-state index in [2.05, 4.69) is 20.4 Å². The zero-order chi connectivity index (χ0) is 22.0. The summed E-state index contributed by atoms with van der Waals surface area (Å²) in [6, 6.07) is 10.8. The highest BCUT2D eigenvalue weighted by molar-refractivity contribution is 6.03. The van der Waals surface area contributed by atoms with E-state index in [0.29, 0.717) is 28.6 Å². The van der Waals surface area contributed by atoms with Gasteiger partial charge in [-0.2, -0.15) is 5.10 Å². The van der Waals surface area contributed by atoms with Gasteiger partial charge in [0.1, 0.15) is 28.8 Å². The SMILES string of the molecule is COc1ccc(OC)c(-c2cc(C(=O)Nc3ccc(-n4ccnc4C)nc3)n(C)n2)c1. The summed E-state index contributed by atoms with van der Waals surface area (Å²) in [5.74, 6) is 2.57.